The Hall–Kier alpha value is -0.500. The van der Waals surface area contributed by atoms with Crippen LogP contribution in [0.15, 0.2) is 18.2 Å². The average Bonchev–Trinajstić information content (AvgIpc) is 2.18. The zero-order valence-corrected chi connectivity index (χ0v) is 12.4. The van der Waals surface area contributed by atoms with Gasteiger partial charge in [0, 0.05) is 10.4 Å². The lowest BCUT2D eigenvalue weighted by Gasteiger charge is -2.27. The lowest BCUT2D eigenvalue weighted by atomic mass is 9.87. The van der Waals surface area contributed by atoms with Gasteiger partial charge in [0.05, 0.1) is 6.61 Å². The summed E-state index contributed by atoms with van der Waals surface area (Å²) in [5.74, 6) is 0.991. The molecule has 0 spiro atoms. The van der Waals surface area contributed by atoms with Crippen LogP contribution >= 0.6 is 15.9 Å². The molecule has 0 saturated heterocycles. The molecule has 90 valence electrons. The Kier molecular flexibility index (Phi) is 4.43. The number of benzene rings is 1. The maximum atomic E-state index is 5.68. The highest BCUT2D eigenvalue weighted by Crippen LogP contribution is 2.43. The Bertz CT molecular complexity index is 352. The van der Waals surface area contributed by atoms with E-state index in [4.69, 9.17) is 4.74 Å². The van der Waals surface area contributed by atoms with Crippen molar-refractivity contribution in [2.45, 2.75) is 39.4 Å². The molecule has 0 N–H and O–H groups in total. The number of hydrogen-bond acceptors (Lipinski definition) is 1. The first-order valence-electron chi connectivity index (χ1n) is 5.73. The highest BCUT2D eigenvalue weighted by atomic mass is 79.9. The Morgan fingerprint density at radius 1 is 1.31 bits per heavy atom. The van der Waals surface area contributed by atoms with Crippen LogP contribution in [0.3, 0.4) is 0 Å². The molecule has 0 fully saturated rings. The summed E-state index contributed by atoms with van der Waals surface area (Å²) in [6.45, 7) is 11.5. The van der Waals surface area contributed by atoms with Gasteiger partial charge in [0.1, 0.15) is 5.75 Å². The second kappa shape index (κ2) is 5.22. The van der Waals surface area contributed by atoms with Crippen molar-refractivity contribution in [2.75, 3.05) is 6.61 Å². The summed E-state index contributed by atoms with van der Waals surface area (Å²) in [7, 11) is 0. The minimum Gasteiger partial charge on any atom is -0.494 e. The van der Waals surface area contributed by atoms with Gasteiger partial charge in [-0.05, 0) is 25.3 Å². The molecule has 2 heteroatoms. The van der Waals surface area contributed by atoms with E-state index in [1.165, 1.54) is 11.1 Å². The van der Waals surface area contributed by atoms with Crippen molar-refractivity contribution in [3.63, 3.8) is 0 Å². The molecule has 0 amide bonds. The molecule has 0 bridgehead atoms. The number of rotatable bonds is 3. The van der Waals surface area contributed by atoms with Gasteiger partial charge in [-0.2, -0.15) is 0 Å². The molecule has 0 aliphatic carbocycles. The fourth-order valence-electron chi connectivity index (χ4n) is 1.62. The van der Waals surface area contributed by atoms with Crippen LogP contribution in [0.2, 0.25) is 0 Å². The molecule has 0 heterocycles. The van der Waals surface area contributed by atoms with Crippen molar-refractivity contribution >= 4 is 15.9 Å². The van der Waals surface area contributed by atoms with Crippen molar-refractivity contribution < 1.29 is 4.74 Å². The predicted molar refractivity (Wildman–Crippen MR) is 73.5 cm³/mol. The van der Waals surface area contributed by atoms with Crippen LogP contribution in [0.25, 0.3) is 0 Å². The van der Waals surface area contributed by atoms with Crippen LogP contribution in [0.1, 0.15) is 43.6 Å². The summed E-state index contributed by atoms with van der Waals surface area (Å²) in [6.07, 6.45) is 0. The van der Waals surface area contributed by atoms with Crippen LogP contribution in [0.5, 0.6) is 5.75 Å². The molecule has 1 rings (SSSR count). The monoisotopic (exact) mass is 284 g/mol. The SMILES string of the molecule is CCOc1ccc(C)cc1C(Br)C(C)(C)C. The fraction of sp³-hybridized carbons (Fsp3) is 0.571. The van der Waals surface area contributed by atoms with Gasteiger partial charge in [0.15, 0.2) is 0 Å². The van der Waals surface area contributed by atoms with Crippen LogP contribution in [-0.2, 0) is 0 Å². The number of alkyl halides is 1. The van der Waals surface area contributed by atoms with Gasteiger partial charge in [0.2, 0.25) is 0 Å². The zero-order valence-electron chi connectivity index (χ0n) is 10.8. The lowest BCUT2D eigenvalue weighted by Crippen LogP contribution is -2.14. The molecular weight excluding hydrogens is 264 g/mol. The first kappa shape index (κ1) is 13.6. The Balaban J connectivity index is 3.14. The van der Waals surface area contributed by atoms with Crippen LogP contribution in [-0.4, -0.2) is 6.61 Å². The van der Waals surface area contributed by atoms with Gasteiger partial charge < -0.3 is 4.74 Å². The topological polar surface area (TPSA) is 9.23 Å². The summed E-state index contributed by atoms with van der Waals surface area (Å²) in [5, 5.41) is 0. The largest absolute Gasteiger partial charge is 0.494 e. The average molecular weight is 285 g/mol. The summed E-state index contributed by atoms with van der Waals surface area (Å²) in [4.78, 5) is 0.307. The number of halogens is 1. The van der Waals surface area contributed by atoms with E-state index >= 15 is 0 Å². The molecule has 0 aliphatic rings. The second-order valence-electron chi connectivity index (χ2n) is 5.20. The van der Waals surface area contributed by atoms with Crippen molar-refractivity contribution in [3.05, 3.63) is 29.3 Å². The van der Waals surface area contributed by atoms with E-state index in [-0.39, 0.29) is 5.41 Å². The van der Waals surface area contributed by atoms with Gasteiger partial charge in [-0.3, -0.25) is 0 Å². The molecule has 0 radical (unpaired) electrons. The quantitative estimate of drug-likeness (QED) is 0.719. The molecule has 1 atom stereocenters. The maximum absolute atomic E-state index is 5.68. The third-order valence-corrected chi connectivity index (χ3v) is 4.37. The van der Waals surface area contributed by atoms with Crippen molar-refractivity contribution in [1.82, 2.24) is 0 Å². The summed E-state index contributed by atoms with van der Waals surface area (Å²) in [6, 6.07) is 6.36. The normalized spacial score (nSPS) is 13.6. The molecule has 1 unspecified atom stereocenters. The molecule has 1 aromatic carbocycles. The number of aryl methyl sites for hydroxylation is 1. The minimum atomic E-state index is 0.180. The van der Waals surface area contributed by atoms with Crippen molar-refractivity contribution in [3.8, 4) is 5.75 Å². The smallest absolute Gasteiger partial charge is 0.123 e. The number of ether oxygens (including phenoxy) is 1. The highest BCUT2D eigenvalue weighted by molar-refractivity contribution is 9.09. The van der Waals surface area contributed by atoms with Crippen molar-refractivity contribution in [2.24, 2.45) is 5.41 Å². The zero-order chi connectivity index (χ0) is 12.3. The van der Waals surface area contributed by atoms with Gasteiger partial charge in [-0.1, -0.05) is 54.4 Å². The Labute approximate surface area is 107 Å². The van der Waals surface area contributed by atoms with Gasteiger partial charge >= 0.3 is 0 Å². The van der Waals surface area contributed by atoms with Gasteiger partial charge in [0.25, 0.3) is 0 Å². The van der Waals surface area contributed by atoms with E-state index in [1.807, 2.05) is 6.92 Å². The molecule has 16 heavy (non-hydrogen) atoms. The third-order valence-electron chi connectivity index (χ3n) is 2.50. The molecular formula is C14H21BrO. The van der Waals surface area contributed by atoms with E-state index in [9.17, 15) is 0 Å². The lowest BCUT2D eigenvalue weighted by molar-refractivity contribution is 0.327. The summed E-state index contributed by atoms with van der Waals surface area (Å²) >= 11 is 3.78. The first-order chi connectivity index (χ1) is 7.36. The van der Waals surface area contributed by atoms with E-state index in [2.05, 4.69) is 61.8 Å². The van der Waals surface area contributed by atoms with Crippen LogP contribution in [0.4, 0.5) is 0 Å². The fourth-order valence-corrected chi connectivity index (χ4v) is 1.98. The van der Waals surface area contributed by atoms with E-state index in [0.717, 1.165) is 5.75 Å². The third kappa shape index (κ3) is 3.24. The second-order valence-corrected chi connectivity index (χ2v) is 6.12. The van der Waals surface area contributed by atoms with Crippen LogP contribution in [0, 0.1) is 12.3 Å². The summed E-state index contributed by atoms with van der Waals surface area (Å²) in [5.41, 5.74) is 2.70. The Morgan fingerprint density at radius 3 is 2.44 bits per heavy atom. The van der Waals surface area contributed by atoms with E-state index in [1.54, 1.807) is 0 Å². The maximum Gasteiger partial charge on any atom is 0.123 e. The predicted octanol–water partition coefficient (Wildman–Crippen LogP) is 4.88. The van der Waals surface area contributed by atoms with Gasteiger partial charge in [-0.15, -0.1) is 0 Å². The van der Waals surface area contributed by atoms with E-state index in [0.29, 0.717) is 11.4 Å². The summed E-state index contributed by atoms with van der Waals surface area (Å²) < 4.78 is 5.68. The molecule has 1 nitrogen and oxygen atoms in total. The molecule has 0 saturated carbocycles. The Morgan fingerprint density at radius 2 is 1.94 bits per heavy atom. The van der Waals surface area contributed by atoms with Crippen LogP contribution < -0.4 is 4.74 Å². The van der Waals surface area contributed by atoms with Crippen molar-refractivity contribution in [1.29, 1.82) is 0 Å². The standard InChI is InChI=1S/C14H21BrO/c1-6-16-12-8-7-10(2)9-11(12)13(15)14(3,4)5/h7-9,13H,6H2,1-5H3. The molecule has 1 aromatic rings. The highest BCUT2D eigenvalue weighted by Gasteiger charge is 2.26. The molecule has 0 aliphatic heterocycles. The first-order valence-corrected chi connectivity index (χ1v) is 6.65. The van der Waals surface area contributed by atoms with Gasteiger partial charge in [-0.25, -0.2) is 0 Å². The minimum absolute atomic E-state index is 0.180. The van der Waals surface area contributed by atoms with E-state index < -0.39 is 0 Å². The number of hydrogen-bond donors (Lipinski definition) is 0. The molecule has 0 aromatic heterocycles.